The first-order valence-corrected chi connectivity index (χ1v) is 8.61. The van der Waals surface area contributed by atoms with Crippen LogP contribution in [-0.2, 0) is 0 Å². The number of carbonyl (C=O) groups excluding carboxylic acids is 1. The molecule has 0 aliphatic carbocycles. The van der Waals surface area contributed by atoms with Gasteiger partial charge < -0.3 is 10.6 Å². The van der Waals surface area contributed by atoms with Crippen LogP contribution in [0.1, 0.15) is 36.5 Å². The van der Waals surface area contributed by atoms with Crippen molar-refractivity contribution in [2.45, 2.75) is 32.2 Å². The molecule has 0 saturated carbocycles. The number of nitrogens with two attached hydrogens (primary N) is 1. The van der Waals surface area contributed by atoms with Crippen molar-refractivity contribution in [2.75, 3.05) is 13.1 Å². The van der Waals surface area contributed by atoms with Crippen LogP contribution in [0.3, 0.4) is 0 Å². The number of rotatable bonds is 3. The fraction of sp³-hybridized carbons (Fsp3) is 0.533. The molecular formula is C15H20Br2N2O. The first-order chi connectivity index (χ1) is 9.56. The number of amides is 1. The maximum absolute atomic E-state index is 12.7. The van der Waals surface area contributed by atoms with Crippen molar-refractivity contribution in [1.82, 2.24) is 4.90 Å². The highest BCUT2D eigenvalue weighted by molar-refractivity contribution is 9.11. The smallest absolute Gasteiger partial charge is 0.255 e. The SMILES string of the molecule is CCC1CCN(C(=O)c2ccc(Br)cc2Br)C(CN)C1. The molecule has 1 fully saturated rings. The van der Waals surface area contributed by atoms with Crippen molar-refractivity contribution < 1.29 is 4.79 Å². The Morgan fingerprint density at radius 2 is 2.20 bits per heavy atom. The van der Waals surface area contributed by atoms with Crippen LogP contribution in [0.2, 0.25) is 0 Å². The first-order valence-electron chi connectivity index (χ1n) is 7.02. The minimum Gasteiger partial charge on any atom is -0.334 e. The number of benzene rings is 1. The molecule has 1 aliphatic heterocycles. The van der Waals surface area contributed by atoms with E-state index in [1.807, 2.05) is 23.1 Å². The fourth-order valence-corrected chi connectivity index (χ4v) is 4.03. The Hall–Kier alpha value is -0.390. The molecular weight excluding hydrogens is 384 g/mol. The third-order valence-corrected chi connectivity index (χ3v) is 5.25. The second kappa shape index (κ2) is 7.05. The van der Waals surface area contributed by atoms with Gasteiger partial charge in [-0.25, -0.2) is 0 Å². The van der Waals surface area contributed by atoms with E-state index in [0.717, 1.165) is 28.3 Å². The van der Waals surface area contributed by atoms with E-state index >= 15 is 0 Å². The van der Waals surface area contributed by atoms with Gasteiger partial charge in [-0.15, -0.1) is 0 Å². The Morgan fingerprint density at radius 3 is 2.80 bits per heavy atom. The fourth-order valence-electron chi connectivity index (χ4n) is 2.81. The van der Waals surface area contributed by atoms with Gasteiger partial charge in [0.05, 0.1) is 5.56 Å². The van der Waals surface area contributed by atoms with Gasteiger partial charge in [0.2, 0.25) is 0 Å². The quantitative estimate of drug-likeness (QED) is 0.834. The number of carbonyl (C=O) groups is 1. The molecule has 2 N–H and O–H groups in total. The van der Waals surface area contributed by atoms with E-state index in [1.165, 1.54) is 6.42 Å². The van der Waals surface area contributed by atoms with Crippen LogP contribution in [0.5, 0.6) is 0 Å². The Labute approximate surface area is 137 Å². The average molecular weight is 404 g/mol. The summed E-state index contributed by atoms with van der Waals surface area (Å²) < 4.78 is 1.78. The van der Waals surface area contributed by atoms with Crippen LogP contribution < -0.4 is 5.73 Å². The van der Waals surface area contributed by atoms with Crippen molar-refractivity contribution in [3.05, 3.63) is 32.7 Å². The highest BCUT2D eigenvalue weighted by Gasteiger charge is 2.31. The molecule has 1 amide bonds. The lowest BCUT2D eigenvalue weighted by atomic mass is 9.88. The molecule has 1 aromatic rings. The first kappa shape index (κ1) is 16.0. The summed E-state index contributed by atoms with van der Waals surface area (Å²) in [5, 5.41) is 0. The Morgan fingerprint density at radius 1 is 1.45 bits per heavy atom. The summed E-state index contributed by atoms with van der Waals surface area (Å²) in [6.07, 6.45) is 3.26. The number of halogens is 2. The van der Waals surface area contributed by atoms with Crippen LogP contribution in [0.15, 0.2) is 27.1 Å². The van der Waals surface area contributed by atoms with E-state index in [4.69, 9.17) is 5.73 Å². The molecule has 0 aromatic heterocycles. The normalized spacial score (nSPS) is 22.9. The number of likely N-dealkylation sites (tertiary alicyclic amines) is 1. The van der Waals surface area contributed by atoms with Gasteiger partial charge in [0.15, 0.2) is 0 Å². The van der Waals surface area contributed by atoms with E-state index in [0.29, 0.717) is 18.0 Å². The maximum atomic E-state index is 12.7. The predicted octanol–water partition coefficient (Wildman–Crippen LogP) is 3.80. The lowest BCUT2D eigenvalue weighted by molar-refractivity contribution is 0.0557. The molecule has 20 heavy (non-hydrogen) atoms. The number of nitrogens with zero attached hydrogens (tertiary/aromatic N) is 1. The summed E-state index contributed by atoms with van der Waals surface area (Å²) in [4.78, 5) is 14.7. The van der Waals surface area contributed by atoms with Crippen LogP contribution in [0.4, 0.5) is 0 Å². The number of hydrogen-bond acceptors (Lipinski definition) is 2. The summed E-state index contributed by atoms with van der Waals surface area (Å²) in [7, 11) is 0. The maximum Gasteiger partial charge on any atom is 0.255 e. The third-order valence-electron chi connectivity index (χ3n) is 4.10. The molecule has 110 valence electrons. The summed E-state index contributed by atoms with van der Waals surface area (Å²) in [6, 6.07) is 5.82. The van der Waals surface area contributed by atoms with E-state index in [1.54, 1.807) is 0 Å². The van der Waals surface area contributed by atoms with Crippen molar-refractivity contribution in [2.24, 2.45) is 11.7 Å². The molecule has 1 saturated heterocycles. The highest BCUT2D eigenvalue weighted by Crippen LogP contribution is 2.29. The van der Waals surface area contributed by atoms with Crippen molar-refractivity contribution in [3.63, 3.8) is 0 Å². The summed E-state index contributed by atoms with van der Waals surface area (Å²) in [5.41, 5.74) is 6.59. The molecule has 3 nitrogen and oxygen atoms in total. The minimum atomic E-state index is 0.0781. The van der Waals surface area contributed by atoms with Crippen LogP contribution in [0.25, 0.3) is 0 Å². The van der Waals surface area contributed by atoms with E-state index in [-0.39, 0.29) is 11.9 Å². The predicted molar refractivity (Wildman–Crippen MR) is 88.7 cm³/mol. The zero-order chi connectivity index (χ0) is 14.7. The molecule has 0 spiro atoms. The van der Waals surface area contributed by atoms with Gasteiger partial charge in [0.1, 0.15) is 0 Å². The van der Waals surface area contributed by atoms with Crippen molar-refractivity contribution in [3.8, 4) is 0 Å². The van der Waals surface area contributed by atoms with Gasteiger partial charge in [0.25, 0.3) is 5.91 Å². The van der Waals surface area contributed by atoms with Gasteiger partial charge in [0, 0.05) is 28.1 Å². The summed E-state index contributed by atoms with van der Waals surface area (Å²) in [6.45, 7) is 3.55. The molecule has 5 heteroatoms. The van der Waals surface area contributed by atoms with E-state index < -0.39 is 0 Å². The molecule has 0 radical (unpaired) electrons. The van der Waals surface area contributed by atoms with Gasteiger partial charge in [-0.05, 0) is 52.9 Å². The molecule has 2 unspecified atom stereocenters. The van der Waals surface area contributed by atoms with Crippen LogP contribution in [-0.4, -0.2) is 29.9 Å². The highest BCUT2D eigenvalue weighted by atomic mass is 79.9. The Bertz CT molecular complexity index is 493. The second-order valence-corrected chi connectivity index (χ2v) is 7.08. The number of hydrogen-bond donors (Lipinski definition) is 1. The second-order valence-electron chi connectivity index (χ2n) is 5.31. The van der Waals surface area contributed by atoms with Gasteiger partial charge >= 0.3 is 0 Å². The van der Waals surface area contributed by atoms with Gasteiger partial charge in [-0.3, -0.25) is 4.79 Å². The van der Waals surface area contributed by atoms with Crippen molar-refractivity contribution >= 4 is 37.8 Å². The lowest BCUT2D eigenvalue weighted by Gasteiger charge is -2.39. The van der Waals surface area contributed by atoms with Crippen LogP contribution >= 0.6 is 31.9 Å². The monoisotopic (exact) mass is 402 g/mol. The Kier molecular flexibility index (Phi) is 5.64. The largest absolute Gasteiger partial charge is 0.334 e. The van der Waals surface area contributed by atoms with E-state index in [9.17, 15) is 4.79 Å². The van der Waals surface area contributed by atoms with E-state index in [2.05, 4.69) is 38.8 Å². The van der Waals surface area contributed by atoms with Crippen LogP contribution in [0, 0.1) is 5.92 Å². The molecule has 1 aliphatic rings. The molecule has 1 aromatic carbocycles. The number of piperidine rings is 1. The molecule has 0 bridgehead atoms. The van der Waals surface area contributed by atoms with Crippen molar-refractivity contribution in [1.29, 1.82) is 0 Å². The Balaban J connectivity index is 2.19. The lowest BCUT2D eigenvalue weighted by Crippen LogP contribution is -2.49. The average Bonchev–Trinajstić information content (AvgIpc) is 2.46. The zero-order valence-electron chi connectivity index (χ0n) is 11.6. The third kappa shape index (κ3) is 3.43. The zero-order valence-corrected chi connectivity index (χ0v) is 14.8. The van der Waals surface area contributed by atoms with Gasteiger partial charge in [-0.2, -0.15) is 0 Å². The molecule has 1 heterocycles. The summed E-state index contributed by atoms with van der Waals surface area (Å²) in [5.74, 6) is 0.773. The molecule has 2 rings (SSSR count). The summed E-state index contributed by atoms with van der Waals surface area (Å²) >= 11 is 6.88. The topological polar surface area (TPSA) is 46.3 Å². The van der Waals surface area contributed by atoms with Gasteiger partial charge in [-0.1, -0.05) is 29.3 Å². The standard InChI is InChI=1S/C15H20Br2N2O/c1-2-10-5-6-19(12(7-10)9-18)15(20)13-4-3-11(16)8-14(13)17/h3-4,8,10,12H,2,5-7,9,18H2,1H3. The minimum absolute atomic E-state index is 0.0781. The molecule has 2 atom stereocenters.